The Balaban J connectivity index is 4.19. The van der Waals surface area contributed by atoms with Crippen molar-refractivity contribution in [3.8, 4) is 0 Å². The molecule has 0 saturated carbocycles. The number of hydrogen-bond donors (Lipinski definition) is 9. The van der Waals surface area contributed by atoms with Crippen LogP contribution in [0.2, 0.25) is 0 Å². The number of carboxylic acid groups (broad SMARTS) is 1. The van der Waals surface area contributed by atoms with Crippen LogP contribution in [-0.4, -0.2) is 91.1 Å². The summed E-state index contributed by atoms with van der Waals surface area (Å²) in [5.74, 6) is -3.97. The van der Waals surface area contributed by atoms with Crippen molar-refractivity contribution in [2.45, 2.75) is 154 Å². The van der Waals surface area contributed by atoms with Crippen molar-refractivity contribution >= 4 is 29.6 Å². The SMILES string of the molecule is CCCCCCCCCCCCCCCCCCN[C@@H](C)C(=O)N[C@@H](C)C(=O)NC(CN)C(=O)NC(CN)C(=O)NC(CN)C(=O)O. The Bertz CT molecular complexity index is 893. The van der Waals surface area contributed by atoms with Crippen LogP contribution >= 0.6 is 0 Å². The number of carbonyl (C=O) groups is 5. The van der Waals surface area contributed by atoms with Crippen molar-refractivity contribution < 1.29 is 29.1 Å². The van der Waals surface area contributed by atoms with Gasteiger partial charge in [-0.15, -0.1) is 0 Å². The minimum absolute atomic E-state index is 0.297. The predicted molar refractivity (Wildman–Crippen MR) is 185 cm³/mol. The van der Waals surface area contributed by atoms with Crippen LogP contribution in [0, 0.1) is 0 Å². The molecule has 0 saturated heterocycles. The number of amides is 4. The quantitative estimate of drug-likeness (QED) is 0.0494. The second-order valence-corrected chi connectivity index (χ2v) is 12.4. The second-order valence-electron chi connectivity index (χ2n) is 12.4. The molecule has 0 fully saturated rings. The molecule has 0 aliphatic carbocycles. The van der Waals surface area contributed by atoms with Crippen molar-refractivity contribution in [3.05, 3.63) is 0 Å². The molecule has 0 radical (unpaired) electrons. The summed E-state index contributed by atoms with van der Waals surface area (Å²) in [5, 5.41) is 21.9. The maximum atomic E-state index is 12.7. The number of hydrogen-bond acceptors (Lipinski definition) is 9. The lowest BCUT2D eigenvalue weighted by Crippen LogP contribution is -2.61. The number of aliphatic carboxylic acids is 1. The summed E-state index contributed by atoms with van der Waals surface area (Å²) in [5.41, 5.74) is 16.6. The van der Waals surface area contributed by atoms with E-state index in [0.29, 0.717) is 6.54 Å². The fourth-order valence-electron chi connectivity index (χ4n) is 5.01. The molecular formula is C33H66N8O6. The van der Waals surface area contributed by atoms with Gasteiger partial charge in [0.1, 0.15) is 24.2 Å². The smallest absolute Gasteiger partial charge is 0.327 e. The number of carboxylic acids is 1. The lowest BCUT2D eigenvalue weighted by Gasteiger charge is -2.24. The van der Waals surface area contributed by atoms with Gasteiger partial charge < -0.3 is 48.9 Å². The van der Waals surface area contributed by atoms with Gasteiger partial charge in [0.15, 0.2) is 0 Å². The molecule has 4 amide bonds. The summed E-state index contributed by atoms with van der Waals surface area (Å²) >= 11 is 0. The van der Waals surface area contributed by atoms with Crippen LogP contribution in [0.25, 0.3) is 0 Å². The molecule has 0 rings (SSSR count). The van der Waals surface area contributed by atoms with Gasteiger partial charge in [0, 0.05) is 19.6 Å². The van der Waals surface area contributed by atoms with Gasteiger partial charge in [0.2, 0.25) is 23.6 Å². The topological polar surface area (TPSA) is 244 Å². The van der Waals surface area contributed by atoms with E-state index in [0.717, 1.165) is 12.8 Å². The normalized spacial score (nSPS) is 14.3. The summed E-state index contributed by atoms with van der Waals surface area (Å²) in [4.78, 5) is 61.4. The molecule has 0 aliphatic heterocycles. The van der Waals surface area contributed by atoms with E-state index >= 15 is 0 Å². The Hall–Kier alpha value is -2.81. The molecule has 5 atom stereocenters. The molecule has 0 bridgehead atoms. The third-order valence-corrected chi connectivity index (χ3v) is 8.21. The summed E-state index contributed by atoms with van der Waals surface area (Å²) in [7, 11) is 0. The average Bonchev–Trinajstić information content (AvgIpc) is 3.05. The molecule has 3 unspecified atom stereocenters. The maximum Gasteiger partial charge on any atom is 0.327 e. The van der Waals surface area contributed by atoms with E-state index in [1.54, 1.807) is 6.92 Å². The van der Waals surface area contributed by atoms with Gasteiger partial charge >= 0.3 is 5.97 Å². The maximum absolute atomic E-state index is 12.7. The number of nitrogens with two attached hydrogens (primary N) is 3. The van der Waals surface area contributed by atoms with Crippen molar-refractivity contribution in [2.24, 2.45) is 17.2 Å². The lowest BCUT2D eigenvalue weighted by molar-refractivity contribution is -0.142. The van der Waals surface area contributed by atoms with Crippen molar-refractivity contribution in [1.29, 1.82) is 0 Å². The third-order valence-electron chi connectivity index (χ3n) is 8.21. The molecule has 0 aliphatic rings. The van der Waals surface area contributed by atoms with Crippen LogP contribution in [0.3, 0.4) is 0 Å². The summed E-state index contributed by atoms with van der Waals surface area (Å²) in [6, 6.07) is -5.33. The van der Waals surface area contributed by atoms with E-state index in [4.69, 9.17) is 22.3 Å². The standard InChI is InChI=1S/C33H66N8O6/c1-4-5-6-7-8-9-10-11-12-13-14-15-16-17-18-19-20-37-24(2)29(42)38-25(3)30(43)39-26(21-34)31(44)40-27(22-35)32(45)41-28(23-36)33(46)47/h24-28,37H,4-23,34-36H2,1-3H3,(H,38,42)(H,39,43)(H,40,44)(H,41,45)(H,46,47)/t24-,25-,26?,27?,28?/m0/s1. The molecule has 0 aromatic heterocycles. The number of carbonyl (C=O) groups excluding carboxylic acids is 4. The zero-order valence-corrected chi connectivity index (χ0v) is 29.2. The van der Waals surface area contributed by atoms with E-state index < -0.39 is 53.9 Å². The molecule has 0 spiro atoms. The van der Waals surface area contributed by atoms with Crippen LogP contribution in [0.1, 0.15) is 124 Å². The first-order chi connectivity index (χ1) is 22.5. The Morgan fingerprint density at radius 3 is 1.21 bits per heavy atom. The van der Waals surface area contributed by atoms with E-state index in [9.17, 15) is 24.0 Å². The highest BCUT2D eigenvalue weighted by Crippen LogP contribution is 2.13. The first-order valence-corrected chi connectivity index (χ1v) is 17.8. The number of unbranched alkanes of at least 4 members (excludes halogenated alkanes) is 15. The first kappa shape index (κ1) is 44.2. The highest BCUT2D eigenvalue weighted by molar-refractivity contribution is 5.95. The molecule has 47 heavy (non-hydrogen) atoms. The Labute approximate surface area is 282 Å². The minimum Gasteiger partial charge on any atom is -0.480 e. The minimum atomic E-state index is -1.35. The van der Waals surface area contributed by atoms with E-state index in [1.807, 2.05) is 0 Å². The second kappa shape index (κ2) is 28.2. The van der Waals surface area contributed by atoms with Crippen LogP contribution in [0.4, 0.5) is 0 Å². The summed E-state index contributed by atoms with van der Waals surface area (Å²) in [6.45, 7) is 5.16. The van der Waals surface area contributed by atoms with Crippen LogP contribution in [0.15, 0.2) is 0 Å². The van der Waals surface area contributed by atoms with E-state index in [2.05, 4.69) is 33.5 Å². The summed E-state index contributed by atoms with van der Waals surface area (Å²) in [6.07, 6.45) is 20.8. The zero-order valence-electron chi connectivity index (χ0n) is 29.2. The van der Waals surface area contributed by atoms with Gasteiger partial charge in [-0.1, -0.05) is 103 Å². The van der Waals surface area contributed by atoms with Crippen molar-refractivity contribution in [2.75, 3.05) is 26.2 Å². The Morgan fingerprint density at radius 1 is 0.489 bits per heavy atom. The molecule has 0 aromatic carbocycles. The van der Waals surface area contributed by atoms with Gasteiger partial charge in [-0.3, -0.25) is 19.2 Å². The van der Waals surface area contributed by atoms with Gasteiger partial charge in [-0.05, 0) is 26.8 Å². The summed E-state index contributed by atoms with van der Waals surface area (Å²) < 4.78 is 0. The van der Waals surface area contributed by atoms with Crippen molar-refractivity contribution in [1.82, 2.24) is 26.6 Å². The van der Waals surface area contributed by atoms with E-state index in [-0.39, 0.29) is 25.5 Å². The lowest BCUT2D eigenvalue weighted by atomic mass is 10.0. The van der Waals surface area contributed by atoms with Gasteiger partial charge in [0.05, 0.1) is 6.04 Å². The van der Waals surface area contributed by atoms with Crippen LogP contribution in [0.5, 0.6) is 0 Å². The fourth-order valence-corrected chi connectivity index (χ4v) is 5.01. The molecule has 12 N–H and O–H groups in total. The van der Waals surface area contributed by atoms with Crippen LogP contribution < -0.4 is 43.8 Å². The number of nitrogens with one attached hydrogen (secondary N) is 5. The van der Waals surface area contributed by atoms with Gasteiger partial charge in [-0.2, -0.15) is 0 Å². The average molecular weight is 671 g/mol. The molecule has 14 heteroatoms. The molecule has 274 valence electrons. The van der Waals surface area contributed by atoms with Crippen molar-refractivity contribution in [3.63, 3.8) is 0 Å². The highest BCUT2D eigenvalue weighted by Gasteiger charge is 2.29. The Kier molecular flexibility index (Phi) is 26.5. The molecule has 14 nitrogen and oxygen atoms in total. The zero-order chi connectivity index (χ0) is 35.5. The molecule has 0 aromatic rings. The van der Waals surface area contributed by atoms with Gasteiger partial charge in [0.25, 0.3) is 0 Å². The monoisotopic (exact) mass is 671 g/mol. The van der Waals surface area contributed by atoms with Crippen LogP contribution in [-0.2, 0) is 24.0 Å². The molecule has 0 heterocycles. The molecular weight excluding hydrogens is 604 g/mol. The first-order valence-electron chi connectivity index (χ1n) is 17.8. The predicted octanol–water partition coefficient (Wildman–Crippen LogP) is 1.15. The Morgan fingerprint density at radius 2 is 0.830 bits per heavy atom. The van der Waals surface area contributed by atoms with Gasteiger partial charge in [-0.25, -0.2) is 4.79 Å². The fraction of sp³-hybridized carbons (Fsp3) is 0.848. The highest BCUT2D eigenvalue weighted by atomic mass is 16.4. The largest absolute Gasteiger partial charge is 0.480 e. The van der Waals surface area contributed by atoms with E-state index in [1.165, 1.54) is 96.8 Å². The third kappa shape index (κ3) is 21.6. The number of rotatable bonds is 30.